The Bertz CT molecular complexity index is 436. The smallest absolute Gasteiger partial charge is 0.223 e. The number of halogens is 1. The summed E-state index contributed by atoms with van der Waals surface area (Å²) in [6, 6.07) is 8.32. The third-order valence-electron chi connectivity index (χ3n) is 3.68. The summed E-state index contributed by atoms with van der Waals surface area (Å²) in [5.41, 5.74) is 1.18. The summed E-state index contributed by atoms with van der Waals surface area (Å²) < 4.78 is 5.41. The number of carbonyl (C=O) groups excluding carboxylic acids is 1. The zero-order valence-corrected chi connectivity index (χ0v) is 13.6. The first-order valence-corrected chi connectivity index (χ1v) is 7.42. The van der Waals surface area contributed by atoms with Crippen LogP contribution in [-0.4, -0.2) is 43.1 Å². The Kier molecular flexibility index (Phi) is 7.54. The van der Waals surface area contributed by atoms with Crippen molar-refractivity contribution < 1.29 is 9.53 Å². The van der Waals surface area contributed by atoms with Crippen molar-refractivity contribution >= 4 is 18.3 Å². The highest BCUT2D eigenvalue weighted by Gasteiger charge is 2.22. The van der Waals surface area contributed by atoms with Gasteiger partial charge in [0.2, 0.25) is 5.91 Å². The maximum Gasteiger partial charge on any atom is 0.223 e. The SMILES string of the molecule is CCOc1ccc(CCC(=O)N2CCNCC2C)cc1.Cl. The standard InChI is InChI=1S/C16H24N2O2.ClH/c1-3-20-15-7-4-14(5-8-15)6-9-16(19)18-11-10-17-12-13(18)2;/h4-5,7-8,13,17H,3,6,9-12H2,1-2H3;1H. The van der Waals surface area contributed by atoms with Gasteiger partial charge in [-0.2, -0.15) is 0 Å². The largest absolute Gasteiger partial charge is 0.494 e. The molecule has 2 rings (SSSR count). The van der Waals surface area contributed by atoms with Gasteiger partial charge in [0, 0.05) is 32.1 Å². The van der Waals surface area contributed by atoms with Crippen LogP contribution in [-0.2, 0) is 11.2 Å². The molecular weight excluding hydrogens is 288 g/mol. The van der Waals surface area contributed by atoms with Crippen molar-refractivity contribution in [3.63, 3.8) is 0 Å². The Morgan fingerprint density at radius 2 is 2.10 bits per heavy atom. The zero-order chi connectivity index (χ0) is 14.4. The van der Waals surface area contributed by atoms with Crippen LogP contribution in [0.5, 0.6) is 5.75 Å². The molecule has 0 spiro atoms. The number of nitrogens with one attached hydrogen (secondary N) is 1. The van der Waals surface area contributed by atoms with Crippen LogP contribution in [0.4, 0.5) is 0 Å². The van der Waals surface area contributed by atoms with Crippen molar-refractivity contribution in [2.75, 3.05) is 26.2 Å². The van der Waals surface area contributed by atoms with E-state index in [1.54, 1.807) is 0 Å². The second kappa shape index (κ2) is 8.90. The number of aryl methyl sites for hydroxylation is 1. The molecule has 1 aliphatic heterocycles. The van der Waals surface area contributed by atoms with Gasteiger partial charge in [0.15, 0.2) is 0 Å². The molecule has 5 heteroatoms. The number of benzene rings is 1. The summed E-state index contributed by atoms with van der Waals surface area (Å²) in [4.78, 5) is 14.2. The van der Waals surface area contributed by atoms with Crippen LogP contribution in [0, 0.1) is 0 Å². The molecule has 0 aliphatic carbocycles. The van der Waals surface area contributed by atoms with Gasteiger partial charge in [0.25, 0.3) is 0 Å². The summed E-state index contributed by atoms with van der Waals surface area (Å²) >= 11 is 0. The van der Waals surface area contributed by atoms with Crippen molar-refractivity contribution in [3.8, 4) is 5.75 Å². The lowest BCUT2D eigenvalue weighted by Crippen LogP contribution is -2.52. The number of nitrogens with zero attached hydrogens (tertiary/aromatic N) is 1. The lowest BCUT2D eigenvalue weighted by Gasteiger charge is -2.34. The quantitative estimate of drug-likeness (QED) is 0.907. The van der Waals surface area contributed by atoms with Crippen molar-refractivity contribution in [1.82, 2.24) is 10.2 Å². The normalized spacial score (nSPS) is 18.0. The van der Waals surface area contributed by atoms with Crippen LogP contribution < -0.4 is 10.1 Å². The maximum absolute atomic E-state index is 12.2. The van der Waals surface area contributed by atoms with Crippen molar-refractivity contribution in [2.45, 2.75) is 32.7 Å². The Labute approximate surface area is 133 Å². The minimum atomic E-state index is 0. The third kappa shape index (κ3) is 5.21. The molecule has 0 radical (unpaired) electrons. The molecule has 1 fully saturated rings. The van der Waals surface area contributed by atoms with E-state index in [4.69, 9.17) is 4.74 Å². The molecule has 1 N–H and O–H groups in total. The fourth-order valence-electron chi connectivity index (χ4n) is 2.53. The van der Waals surface area contributed by atoms with E-state index in [2.05, 4.69) is 12.2 Å². The fraction of sp³-hybridized carbons (Fsp3) is 0.562. The van der Waals surface area contributed by atoms with Crippen molar-refractivity contribution in [2.24, 2.45) is 0 Å². The molecule has 21 heavy (non-hydrogen) atoms. The van der Waals surface area contributed by atoms with E-state index < -0.39 is 0 Å². The average molecular weight is 313 g/mol. The first kappa shape index (κ1) is 17.8. The highest BCUT2D eigenvalue weighted by atomic mass is 35.5. The molecule has 1 aromatic carbocycles. The lowest BCUT2D eigenvalue weighted by atomic mass is 10.1. The highest BCUT2D eigenvalue weighted by Crippen LogP contribution is 2.14. The highest BCUT2D eigenvalue weighted by molar-refractivity contribution is 5.85. The molecule has 1 heterocycles. The molecule has 1 saturated heterocycles. The number of carbonyl (C=O) groups is 1. The third-order valence-corrected chi connectivity index (χ3v) is 3.68. The number of ether oxygens (including phenoxy) is 1. The number of rotatable bonds is 5. The van der Waals surface area contributed by atoms with E-state index in [0.29, 0.717) is 19.1 Å². The monoisotopic (exact) mass is 312 g/mol. The topological polar surface area (TPSA) is 41.6 Å². The second-order valence-electron chi connectivity index (χ2n) is 5.22. The molecule has 1 aliphatic rings. The molecule has 0 aromatic heterocycles. The Balaban J connectivity index is 0.00000220. The van der Waals surface area contributed by atoms with Crippen LogP contribution in [0.2, 0.25) is 0 Å². The molecule has 118 valence electrons. The molecule has 0 saturated carbocycles. The first-order chi connectivity index (χ1) is 9.70. The summed E-state index contributed by atoms with van der Waals surface area (Å²) in [5, 5.41) is 3.30. The van der Waals surface area contributed by atoms with E-state index in [-0.39, 0.29) is 18.3 Å². The van der Waals surface area contributed by atoms with Gasteiger partial charge in [-0.3, -0.25) is 4.79 Å². The van der Waals surface area contributed by atoms with Gasteiger partial charge >= 0.3 is 0 Å². The molecule has 4 nitrogen and oxygen atoms in total. The summed E-state index contributed by atoms with van der Waals surface area (Å²) in [6.45, 7) is 7.37. The fourth-order valence-corrected chi connectivity index (χ4v) is 2.53. The Hall–Kier alpha value is -1.26. The van der Waals surface area contributed by atoms with Gasteiger partial charge in [-0.1, -0.05) is 12.1 Å². The Morgan fingerprint density at radius 1 is 1.38 bits per heavy atom. The Morgan fingerprint density at radius 3 is 2.71 bits per heavy atom. The predicted octanol–water partition coefficient (Wildman–Crippen LogP) is 2.26. The van der Waals surface area contributed by atoms with Crippen LogP contribution in [0.3, 0.4) is 0 Å². The van der Waals surface area contributed by atoms with Crippen LogP contribution in [0.25, 0.3) is 0 Å². The number of amides is 1. The van der Waals surface area contributed by atoms with Crippen LogP contribution in [0.15, 0.2) is 24.3 Å². The molecule has 0 bridgehead atoms. The number of hydrogen-bond acceptors (Lipinski definition) is 3. The molecule has 1 aromatic rings. The van der Waals surface area contributed by atoms with E-state index in [9.17, 15) is 4.79 Å². The number of piperazine rings is 1. The summed E-state index contributed by atoms with van der Waals surface area (Å²) in [6.07, 6.45) is 1.38. The predicted molar refractivity (Wildman–Crippen MR) is 87.2 cm³/mol. The van der Waals surface area contributed by atoms with Crippen LogP contribution in [0.1, 0.15) is 25.8 Å². The van der Waals surface area contributed by atoms with Gasteiger partial charge in [-0.15, -0.1) is 12.4 Å². The van der Waals surface area contributed by atoms with Gasteiger partial charge in [-0.05, 0) is 38.0 Å². The summed E-state index contributed by atoms with van der Waals surface area (Å²) in [7, 11) is 0. The van der Waals surface area contributed by atoms with Gasteiger partial charge in [0.05, 0.1) is 6.61 Å². The minimum Gasteiger partial charge on any atom is -0.494 e. The maximum atomic E-state index is 12.2. The lowest BCUT2D eigenvalue weighted by molar-refractivity contribution is -0.133. The van der Waals surface area contributed by atoms with Crippen molar-refractivity contribution in [1.29, 1.82) is 0 Å². The van der Waals surface area contributed by atoms with Crippen molar-refractivity contribution in [3.05, 3.63) is 29.8 Å². The van der Waals surface area contributed by atoms with E-state index in [1.807, 2.05) is 36.1 Å². The van der Waals surface area contributed by atoms with E-state index >= 15 is 0 Å². The van der Waals surface area contributed by atoms with E-state index in [1.165, 1.54) is 5.56 Å². The molecule has 1 atom stereocenters. The minimum absolute atomic E-state index is 0. The van der Waals surface area contributed by atoms with Gasteiger partial charge in [0.1, 0.15) is 5.75 Å². The second-order valence-corrected chi connectivity index (χ2v) is 5.22. The van der Waals surface area contributed by atoms with Gasteiger partial charge in [-0.25, -0.2) is 0 Å². The molecule has 1 amide bonds. The van der Waals surface area contributed by atoms with E-state index in [0.717, 1.165) is 31.8 Å². The van der Waals surface area contributed by atoms with Crippen LogP contribution >= 0.6 is 12.4 Å². The van der Waals surface area contributed by atoms with Gasteiger partial charge < -0.3 is 15.0 Å². The zero-order valence-electron chi connectivity index (χ0n) is 12.8. The molecular formula is C16H25ClN2O2. The molecule has 1 unspecified atom stereocenters. The summed E-state index contributed by atoms with van der Waals surface area (Å²) in [5.74, 6) is 1.14. The average Bonchev–Trinajstić information content (AvgIpc) is 2.47. The first-order valence-electron chi connectivity index (χ1n) is 7.42. The number of hydrogen-bond donors (Lipinski definition) is 1.